The molecule has 0 spiro atoms. The number of allylic oxidation sites excluding steroid dienone is 2. The molecule has 0 bridgehead atoms. The number of aliphatic imine (C=N–C) groups is 1. The van der Waals surface area contributed by atoms with Crippen LogP contribution in [0.25, 0.3) is 0 Å². The van der Waals surface area contributed by atoms with Gasteiger partial charge in [0.25, 0.3) is 0 Å². The van der Waals surface area contributed by atoms with E-state index in [0.717, 1.165) is 6.42 Å². The maximum Gasteiger partial charge on any atom is 0.0587 e. The molecule has 0 aliphatic heterocycles. The summed E-state index contributed by atoms with van der Waals surface area (Å²) in [6.07, 6.45) is 7.55. The Balaban J connectivity index is 2.80. The van der Waals surface area contributed by atoms with Crippen LogP contribution in [0.3, 0.4) is 0 Å². The van der Waals surface area contributed by atoms with Gasteiger partial charge in [0.05, 0.1) is 5.70 Å². The fourth-order valence-corrected chi connectivity index (χ4v) is 1.88. The molecule has 0 saturated heterocycles. The van der Waals surface area contributed by atoms with Crippen molar-refractivity contribution in [2.45, 2.75) is 38.5 Å². The minimum Gasteiger partial charge on any atom is -0.379 e. The topological polar surface area (TPSA) is 15.6 Å². The van der Waals surface area contributed by atoms with Crippen LogP contribution in [-0.4, -0.2) is 25.7 Å². The average Bonchev–Trinajstić information content (AvgIpc) is 2.03. The molecule has 74 valence electrons. The monoisotopic (exact) mass is 180 g/mol. The predicted molar refractivity (Wildman–Crippen MR) is 58.0 cm³/mol. The van der Waals surface area contributed by atoms with Gasteiger partial charge in [0.2, 0.25) is 0 Å². The highest BCUT2D eigenvalue weighted by atomic mass is 15.1. The predicted octanol–water partition coefficient (Wildman–Crippen LogP) is 2.81. The lowest BCUT2D eigenvalue weighted by molar-refractivity contribution is 0.451. The third-order valence-electron chi connectivity index (χ3n) is 2.64. The van der Waals surface area contributed by atoms with Gasteiger partial charge in [-0.05, 0) is 32.4 Å². The standard InChI is InChI=1S/C11H20N2/c1-12-10-8-6-4-5-7-9-11(10)13(2)3/h1,4-9H2,2-3H3/b11-10-. The van der Waals surface area contributed by atoms with Crippen LogP contribution in [-0.2, 0) is 0 Å². The number of hydrogen-bond donors (Lipinski definition) is 0. The van der Waals surface area contributed by atoms with Crippen molar-refractivity contribution < 1.29 is 0 Å². The summed E-state index contributed by atoms with van der Waals surface area (Å²) in [6.45, 7) is 3.65. The van der Waals surface area contributed by atoms with Crippen LogP contribution in [0, 0.1) is 0 Å². The Kier molecular flexibility index (Phi) is 4.00. The molecule has 0 amide bonds. The summed E-state index contributed by atoms with van der Waals surface area (Å²) >= 11 is 0. The molecule has 0 aromatic heterocycles. The van der Waals surface area contributed by atoms with Gasteiger partial charge in [0.15, 0.2) is 0 Å². The molecule has 13 heavy (non-hydrogen) atoms. The first-order valence-electron chi connectivity index (χ1n) is 5.11. The summed E-state index contributed by atoms with van der Waals surface area (Å²) in [5, 5.41) is 0. The van der Waals surface area contributed by atoms with E-state index in [1.165, 1.54) is 43.5 Å². The second-order valence-corrected chi connectivity index (χ2v) is 3.86. The van der Waals surface area contributed by atoms with Crippen molar-refractivity contribution in [3.8, 4) is 0 Å². The number of rotatable bonds is 2. The van der Waals surface area contributed by atoms with Gasteiger partial charge < -0.3 is 4.90 Å². The van der Waals surface area contributed by atoms with E-state index in [0.29, 0.717) is 0 Å². The fraction of sp³-hybridized carbons (Fsp3) is 0.727. The average molecular weight is 180 g/mol. The van der Waals surface area contributed by atoms with Gasteiger partial charge in [0, 0.05) is 19.8 Å². The summed E-state index contributed by atoms with van der Waals surface area (Å²) in [4.78, 5) is 6.33. The van der Waals surface area contributed by atoms with E-state index < -0.39 is 0 Å². The Morgan fingerprint density at radius 3 is 2.23 bits per heavy atom. The van der Waals surface area contributed by atoms with Gasteiger partial charge in [-0.1, -0.05) is 12.8 Å². The lowest BCUT2D eigenvalue weighted by atomic mass is 10.0. The molecule has 2 heteroatoms. The van der Waals surface area contributed by atoms with E-state index in [9.17, 15) is 0 Å². The molecule has 0 radical (unpaired) electrons. The second-order valence-electron chi connectivity index (χ2n) is 3.86. The Hall–Kier alpha value is -0.790. The van der Waals surface area contributed by atoms with E-state index in [1.807, 2.05) is 0 Å². The van der Waals surface area contributed by atoms with Gasteiger partial charge in [0.1, 0.15) is 0 Å². The molecule has 0 aromatic rings. The van der Waals surface area contributed by atoms with Crippen molar-refractivity contribution in [1.82, 2.24) is 4.90 Å². The molecule has 0 saturated carbocycles. The minimum absolute atomic E-state index is 1.11. The summed E-state index contributed by atoms with van der Waals surface area (Å²) in [5.41, 5.74) is 2.60. The lowest BCUT2D eigenvalue weighted by Crippen LogP contribution is -2.14. The molecule has 1 aliphatic rings. The van der Waals surface area contributed by atoms with E-state index >= 15 is 0 Å². The molecule has 0 unspecified atom stereocenters. The maximum absolute atomic E-state index is 4.14. The summed E-state index contributed by atoms with van der Waals surface area (Å²) < 4.78 is 0. The molecule has 1 aliphatic carbocycles. The van der Waals surface area contributed by atoms with Gasteiger partial charge in [-0.3, -0.25) is 4.99 Å². The molecular formula is C11H20N2. The van der Waals surface area contributed by atoms with Gasteiger partial charge >= 0.3 is 0 Å². The molecule has 0 heterocycles. The van der Waals surface area contributed by atoms with Crippen LogP contribution in [0.4, 0.5) is 0 Å². The molecule has 0 fully saturated rings. The van der Waals surface area contributed by atoms with Crippen LogP contribution in [0.2, 0.25) is 0 Å². The highest BCUT2D eigenvalue weighted by Crippen LogP contribution is 2.24. The van der Waals surface area contributed by atoms with Crippen LogP contribution in [0.1, 0.15) is 38.5 Å². The van der Waals surface area contributed by atoms with E-state index in [-0.39, 0.29) is 0 Å². The first-order valence-corrected chi connectivity index (χ1v) is 5.11. The first-order chi connectivity index (χ1) is 6.25. The summed E-state index contributed by atoms with van der Waals surface area (Å²) in [5.74, 6) is 0. The summed E-state index contributed by atoms with van der Waals surface area (Å²) in [7, 11) is 4.20. The molecule has 0 atom stereocenters. The van der Waals surface area contributed by atoms with Crippen molar-refractivity contribution in [3.05, 3.63) is 11.4 Å². The van der Waals surface area contributed by atoms with Gasteiger partial charge in [-0.15, -0.1) is 0 Å². The SMILES string of the molecule is C=N/C1=C(\N(C)C)CCCCCC1. The van der Waals surface area contributed by atoms with E-state index in [2.05, 4.69) is 30.7 Å². The van der Waals surface area contributed by atoms with Crippen LogP contribution in [0.5, 0.6) is 0 Å². The Morgan fingerprint density at radius 1 is 1.08 bits per heavy atom. The van der Waals surface area contributed by atoms with E-state index in [1.54, 1.807) is 0 Å². The highest BCUT2D eigenvalue weighted by molar-refractivity contribution is 5.30. The lowest BCUT2D eigenvalue weighted by Gasteiger charge is -2.22. The second kappa shape index (κ2) is 5.05. The Labute approximate surface area is 81.3 Å². The Bertz CT molecular complexity index is 204. The number of nitrogens with zero attached hydrogens (tertiary/aromatic N) is 2. The molecule has 0 N–H and O–H groups in total. The molecule has 0 aromatic carbocycles. The third kappa shape index (κ3) is 2.87. The smallest absolute Gasteiger partial charge is 0.0587 e. The van der Waals surface area contributed by atoms with Crippen molar-refractivity contribution in [3.63, 3.8) is 0 Å². The maximum atomic E-state index is 4.14. The van der Waals surface area contributed by atoms with Crippen LogP contribution >= 0.6 is 0 Å². The van der Waals surface area contributed by atoms with Crippen molar-refractivity contribution in [2.24, 2.45) is 4.99 Å². The first kappa shape index (κ1) is 10.3. The fourth-order valence-electron chi connectivity index (χ4n) is 1.88. The largest absolute Gasteiger partial charge is 0.379 e. The van der Waals surface area contributed by atoms with Crippen molar-refractivity contribution >= 4 is 6.72 Å². The van der Waals surface area contributed by atoms with Gasteiger partial charge in [-0.25, -0.2) is 0 Å². The van der Waals surface area contributed by atoms with Crippen molar-refractivity contribution in [1.29, 1.82) is 0 Å². The molecule has 2 nitrogen and oxygen atoms in total. The zero-order valence-corrected chi connectivity index (χ0v) is 8.84. The third-order valence-corrected chi connectivity index (χ3v) is 2.64. The molecule has 1 rings (SSSR count). The van der Waals surface area contributed by atoms with Crippen LogP contribution < -0.4 is 0 Å². The quantitative estimate of drug-likeness (QED) is 0.597. The minimum atomic E-state index is 1.11. The van der Waals surface area contributed by atoms with Crippen molar-refractivity contribution in [2.75, 3.05) is 14.1 Å². The molecular weight excluding hydrogens is 160 g/mol. The van der Waals surface area contributed by atoms with Gasteiger partial charge in [-0.2, -0.15) is 0 Å². The van der Waals surface area contributed by atoms with E-state index in [4.69, 9.17) is 0 Å². The normalized spacial score (nSPS) is 24.8. The zero-order chi connectivity index (χ0) is 9.68. The van der Waals surface area contributed by atoms with Crippen LogP contribution in [0.15, 0.2) is 16.4 Å². The zero-order valence-electron chi connectivity index (χ0n) is 8.84. The summed E-state index contributed by atoms with van der Waals surface area (Å²) in [6, 6.07) is 0. The highest BCUT2D eigenvalue weighted by Gasteiger charge is 2.10. The Morgan fingerprint density at radius 2 is 1.69 bits per heavy atom. The number of hydrogen-bond acceptors (Lipinski definition) is 2.